The molecule has 4 aromatic rings. The van der Waals surface area contributed by atoms with Crippen LogP contribution in [-0.4, -0.2) is 22.3 Å². The van der Waals surface area contributed by atoms with Gasteiger partial charge in [0.1, 0.15) is 5.82 Å². The van der Waals surface area contributed by atoms with Crippen molar-refractivity contribution in [3.05, 3.63) is 99.1 Å². The lowest BCUT2D eigenvalue weighted by Crippen LogP contribution is -2.31. The van der Waals surface area contributed by atoms with Gasteiger partial charge in [-0.15, -0.1) is 0 Å². The van der Waals surface area contributed by atoms with Crippen LogP contribution in [0.1, 0.15) is 0 Å². The van der Waals surface area contributed by atoms with E-state index in [9.17, 15) is 0 Å². The Hall–Kier alpha value is -2.85. The van der Waals surface area contributed by atoms with Gasteiger partial charge in [0.25, 0.3) is 0 Å². The molecule has 0 aliphatic rings. The Labute approximate surface area is 251 Å². The van der Waals surface area contributed by atoms with Gasteiger partial charge in [-0.2, -0.15) is 0 Å². The normalized spacial score (nSPS) is 10.4. The maximum atomic E-state index is 6.17. The van der Waals surface area contributed by atoms with Crippen LogP contribution in [0.15, 0.2) is 79.0 Å². The molecule has 0 radical (unpaired) electrons. The van der Waals surface area contributed by atoms with Gasteiger partial charge < -0.3 is 26.2 Å². The quantitative estimate of drug-likeness (QED) is 0.159. The van der Waals surface area contributed by atoms with E-state index in [4.69, 9.17) is 70.8 Å². The Kier molecular flexibility index (Phi) is 9.49. The Morgan fingerprint density at radius 3 is 1.79 bits per heavy atom. The number of rotatable bonds is 6. The number of hydrogen-bond acceptors (Lipinski definition) is 4. The second-order valence-electron chi connectivity index (χ2n) is 7.99. The zero-order valence-corrected chi connectivity index (χ0v) is 24.4. The highest BCUT2D eigenvalue weighted by atomic mass is 35.5. The summed E-state index contributed by atoms with van der Waals surface area (Å²) in [5.41, 5.74) is 3.54. The minimum atomic E-state index is 0.345. The van der Waals surface area contributed by atoms with Crippen molar-refractivity contribution >= 4 is 115 Å². The minimum absolute atomic E-state index is 0.345. The minimum Gasteiger partial charge on any atom is -0.340 e. The third kappa shape index (κ3) is 8.07. The average molecular weight is 622 g/mol. The Morgan fingerprint density at radius 2 is 1.21 bits per heavy atom. The number of nitrogens with zero attached hydrogens (tertiary/aromatic N) is 2. The van der Waals surface area contributed by atoms with Crippen LogP contribution < -0.4 is 26.2 Å². The Balaban J connectivity index is 1.57. The molecule has 38 heavy (non-hydrogen) atoms. The number of pyridine rings is 1. The summed E-state index contributed by atoms with van der Waals surface area (Å²) in [5.74, 6) is 0.679. The molecule has 0 spiro atoms. The zero-order valence-electron chi connectivity index (χ0n) is 19.7. The Morgan fingerprint density at radius 1 is 0.684 bits per heavy atom. The summed E-state index contributed by atoms with van der Waals surface area (Å²) in [6.07, 6.45) is 1.71. The molecular formula is C26H20Cl4N6S2. The number of hydrogen-bond donors (Lipinski definition) is 4. The smallest absolute Gasteiger partial charge is 0.177 e. The molecule has 0 saturated carbocycles. The summed E-state index contributed by atoms with van der Waals surface area (Å²) in [6, 6.07) is 21.6. The number of anilines is 6. The number of aromatic nitrogens is 1. The van der Waals surface area contributed by atoms with Gasteiger partial charge in [-0.05, 0) is 91.2 Å². The maximum absolute atomic E-state index is 6.17. The lowest BCUT2D eigenvalue weighted by molar-refractivity contribution is 1.28. The molecule has 6 nitrogen and oxygen atoms in total. The zero-order chi connectivity index (χ0) is 27.2. The molecule has 4 rings (SSSR count). The summed E-state index contributed by atoms with van der Waals surface area (Å²) in [6.45, 7) is 0. The van der Waals surface area contributed by atoms with E-state index in [2.05, 4.69) is 26.3 Å². The van der Waals surface area contributed by atoms with Crippen LogP contribution in [-0.2, 0) is 0 Å². The average Bonchev–Trinajstić information content (AvgIpc) is 2.82. The van der Waals surface area contributed by atoms with Crippen LogP contribution in [0.25, 0.3) is 0 Å². The fourth-order valence-corrected chi connectivity index (χ4v) is 4.91. The van der Waals surface area contributed by atoms with Crippen molar-refractivity contribution in [3.63, 3.8) is 0 Å². The van der Waals surface area contributed by atoms with Crippen LogP contribution in [0.5, 0.6) is 0 Å². The topological polar surface area (TPSA) is 64.2 Å². The van der Waals surface area contributed by atoms with Gasteiger partial charge >= 0.3 is 0 Å². The standard InChI is InChI=1S/C26H20Cl4N6S2/c1-36(23-10-17(29)7-18(30)11-23)26(38)35-22-13-20(32-24-4-2-3-5-31-24)12-21(14-22)34-25(37)33-19-8-15(27)6-16(28)9-19/h2-14H,1H3,(H,31,32)(H,35,38)(H2,33,34,37). The molecule has 0 saturated heterocycles. The highest BCUT2D eigenvalue weighted by Gasteiger charge is 2.12. The van der Waals surface area contributed by atoms with Crippen LogP contribution >= 0.6 is 70.8 Å². The second-order valence-corrected chi connectivity index (χ2v) is 10.5. The molecule has 194 valence electrons. The first-order valence-electron chi connectivity index (χ1n) is 11.0. The van der Waals surface area contributed by atoms with Gasteiger partial charge in [0.15, 0.2) is 10.2 Å². The van der Waals surface area contributed by atoms with E-state index in [1.807, 2.05) is 43.4 Å². The van der Waals surface area contributed by atoms with Crippen molar-refractivity contribution < 1.29 is 0 Å². The van der Waals surface area contributed by atoms with Crippen LogP contribution in [0.4, 0.5) is 34.3 Å². The Bertz CT molecular complexity index is 1450. The SMILES string of the molecule is CN(C(=S)Nc1cc(NC(=S)Nc2cc(Cl)cc(Cl)c2)cc(Nc2ccccn2)c1)c1cc(Cl)cc(Cl)c1. The summed E-state index contributed by atoms with van der Waals surface area (Å²) in [5, 5.41) is 15.6. The molecule has 0 unspecified atom stereocenters. The molecule has 0 amide bonds. The van der Waals surface area contributed by atoms with Crippen LogP contribution in [0.2, 0.25) is 20.1 Å². The van der Waals surface area contributed by atoms with Crippen LogP contribution in [0.3, 0.4) is 0 Å². The van der Waals surface area contributed by atoms with E-state index in [0.717, 1.165) is 11.4 Å². The molecule has 1 heterocycles. The molecule has 0 fully saturated rings. The highest BCUT2D eigenvalue weighted by molar-refractivity contribution is 7.81. The van der Waals surface area contributed by atoms with Crippen molar-refractivity contribution in [2.45, 2.75) is 0 Å². The van der Waals surface area contributed by atoms with Crippen molar-refractivity contribution in [3.8, 4) is 0 Å². The summed E-state index contributed by atoms with van der Waals surface area (Å²) >= 11 is 35.7. The van der Waals surface area contributed by atoms with E-state index in [-0.39, 0.29) is 0 Å². The van der Waals surface area contributed by atoms with E-state index in [1.165, 1.54) is 0 Å². The fourth-order valence-electron chi connectivity index (χ4n) is 3.41. The van der Waals surface area contributed by atoms with Gasteiger partial charge in [-0.3, -0.25) is 0 Å². The number of halogens is 4. The molecule has 3 aromatic carbocycles. The van der Waals surface area contributed by atoms with Crippen molar-refractivity contribution in [1.29, 1.82) is 0 Å². The number of nitrogens with one attached hydrogen (secondary N) is 4. The third-order valence-electron chi connectivity index (χ3n) is 5.04. The van der Waals surface area contributed by atoms with Gasteiger partial charge in [0.2, 0.25) is 0 Å². The van der Waals surface area contributed by atoms with Gasteiger partial charge in [0.05, 0.1) is 0 Å². The van der Waals surface area contributed by atoms with Gasteiger partial charge in [0, 0.05) is 61.8 Å². The lowest BCUT2D eigenvalue weighted by Gasteiger charge is -2.22. The second kappa shape index (κ2) is 12.8. The van der Waals surface area contributed by atoms with Crippen molar-refractivity contribution in [1.82, 2.24) is 4.98 Å². The molecule has 0 aliphatic heterocycles. The monoisotopic (exact) mass is 620 g/mol. The number of benzene rings is 3. The predicted molar refractivity (Wildman–Crippen MR) is 171 cm³/mol. The fraction of sp³-hybridized carbons (Fsp3) is 0.0385. The first-order chi connectivity index (χ1) is 18.1. The molecule has 0 aliphatic carbocycles. The van der Waals surface area contributed by atoms with Crippen molar-refractivity contribution in [2.24, 2.45) is 0 Å². The molecule has 1 aromatic heterocycles. The first-order valence-corrected chi connectivity index (χ1v) is 13.4. The molecule has 12 heteroatoms. The van der Waals surface area contributed by atoms with Crippen molar-refractivity contribution in [2.75, 3.05) is 33.2 Å². The number of thiocarbonyl (C=S) groups is 2. The maximum Gasteiger partial charge on any atom is 0.177 e. The molecule has 0 bridgehead atoms. The third-order valence-corrected chi connectivity index (χ3v) is 6.49. The largest absolute Gasteiger partial charge is 0.340 e. The van der Waals surface area contributed by atoms with E-state index >= 15 is 0 Å². The summed E-state index contributed by atoms with van der Waals surface area (Å²) in [4.78, 5) is 6.11. The first kappa shape index (κ1) is 28.2. The van der Waals surface area contributed by atoms with Gasteiger partial charge in [-0.25, -0.2) is 4.98 Å². The van der Waals surface area contributed by atoms with E-state index in [0.29, 0.717) is 53.2 Å². The molecule has 4 N–H and O–H groups in total. The van der Waals surface area contributed by atoms with E-state index in [1.54, 1.807) is 47.5 Å². The summed E-state index contributed by atoms with van der Waals surface area (Å²) < 4.78 is 0. The summed E-state index contributed by atoms with van der Waals surface area (Å²) in [7, 11) is 1.82. The molecular weight excluding hydrogens is 602 g/mol. The highest BCUT2D eigenvalue weighted by Crippen LogP contribution is 2.28. The predicted octanol–water partition coefficient (Wildman–Crippen LogP) is 9.08. The van der Waals surface area contributed by atoms with Crippen LogP contribution in [0, 0.1) is 0 Å². The van der Waals surface area contributed by atoms with Gasteiger partial charge in [-0.1, -0.05) is 52.5 Å². The lowest BCUT2D eigenvalue weighted by atomic mass is 10.2. The molecule has 0 atom stereocenters. The van der Waals surface area contributed by atoms with E-state index < -0.39 is 0 Å².